The molecular weight excluding hydrogens is 560 g/mol. The summed E-state index contributed by atoms with van der Waals surface area (Å²) < 4.78 is 65.7. The van der Waals surface area contributed by atoms with E-state index in [1.807, 2.05) is 12.1 Å². The second-order valence-electron chi connectivity index (χ2n) is 10.7. The van der Waals surface area contributed by atoms with Gasteiger partial charge in [-0.3, -0.25) is 9.71 Å². The Balaban J connectivity index is 1.75. The van der Waals surface area contributed by atoms with Crippen molar-refractivity contribution < 1.29 is 21.9 Å². The first kappa shape index (κ1) is 29.8. The molecule has 1 fully saturated rings. The maximum absolute atomic E-state index is 16.1. The molecule has 1 aromatic carbocycles. The van der Waals surface area contributed by atoms with Crippen molar-refractivity contribution in [2.75, 3.05) is 50.8 Å². The standard InChI is InChI=1S/C31H37F2N5O3S/c1-5-15-42(39,40)35-27-8-7-26(32)31(30(27)33)38-20-25(22-16-23(41-4)19-34-18-22)24-17-21(6-2)28(9-10-29(24)38)37-13-11-36(3)12-14-37/h7-10,16-21,35H,5-6,11-15H2,1-4H3. The zero-order valence-corrected chi connectivity index (χ0v) is 25.2. The second kappa shape index (κ2) is 12.3. The van der Waals surface area contributed by atoms with Crippen molar-refractivity contribution in [3.63, 3.8) is 0 Å². The van der Waals surface area contributed by atoms with Crippen molar-refractivity contribution in [2.24, 2.45) is 5.92 Å². The van der Waals surface area contributed by atoms with Crippen LogP contribution in [0.1, 0.15) is 26.7 Å². The molecule has 1 unspecified atom stereocenters. The number of hydrogen-bond donors (Lipinski definition) is 1. The summed E-state index contributed by atoms with van der Waals surface area (Å²) in [5, 5.41) is 1.40. The van der Waals surface area contributed by atoms with E-state index in [1.165, 1.54) is 4.57 Å². The third-order valence-electron chi connectivity index (χ3n) is 7.86. The molecule has 0 spiro atoms. The monoisotopic (exact) mass is 597 g/mol. The third kappa shape index (κ3) is 5.94. The van der Waals surface area contributed by atoms with Crippen LogP contribution in [0.15, 0.2) is 48.6 Å². The molecule has 2 aromatic heterocycles. The van der Waals surface area contributed by atoms with Crippen LogP contribution in [0.3, 0.4) is 0 Å². The fourth-order valence-corrected chi connectivity index (χ4v) is 6.74. The fraction of sp³-hybridized carbons (Fsp3) is 0.387. The van der Waals surface area contributed by atoms with Crippen LogP contribution in [0.4, 0.5) is 14.5 Å². The van der Waals surface area contributed by atoms with Gasteiger partial charge in [-0.1, -0.05) is 19.9 Å². The number of ether oxygens (including phenoxy) is 1. The number of piperazine rings is 1. The molecule has 8 nitrogen and oxygen atoms in total. The van der Waals surface area contributed by atoms with E-state index in [4.69, 9.17) is 4.74 Å². The lowest BCUT2D eigenvalue weighted by Gasteiger charge is -2.37. The normalized spacial score (nSPS) is 17.5. The molecule has 1 N–H and O–H groups in total. The highest BCUT2D eigenvalue weighted by molar-refractivity contribution is 7.92. The zero-order chi connectivity index (χ0) is 30.0. The van der Waals surface area contributed by atoms with Crippen LogP contribution >= 0.6 is 0 Å². The molecule has 42 heavy (non-hydrogen) atoms. The van der Waals surface area contributed by atoms with E-state index in [9.17, 15) is 8.42 Å². The maximum Gasteiger partial charge on any atom is 0.232 e. The summed E-state index contributed by atoms with van der Waals surface area (Å²) in [6, 6.07) is 4.04. The Labute approximate surface area is 245 Å². The molecule has 0 amide bonds. The third-order valence-corrected chi connectivity index (χ3v) is 9.33. The van der Waals surface area contributed by atoms with E-state index in [2.05, 4.69) is 45.6 Å². The van der Waals surface area contributed by atoms with Crippen LogP contribution < -0.4 is 20.0 Å². The minimum atomic E-state index is -3.80. The highest BCUT2D eigenvalue weighted by atomic mass is 32.2. The number of benzene rings is 1. The van der Waals surface area contributed by atoms with Gasteiger partial charge in [0.15, 0.2) is 5.82 Å². The lowest BCUT2D eigenvalue weighted by atomic mass is 9.98. The maximum atomic E-state index is 16.1. The summed E-state index contributed by atoms with van der Waals surface area (Å²) >= 11 is 0. The van der Waals surface area contributed by atoms with E-state index in [-0.39, 0.29) is 23.0 Å². The lowest BCUT2D eigenvalue weighted by molar-refractivity contribution is 0.177. The molecular formula is C31H37F2N5O3S. The van der Waals surface area contributed by atoms with Crippen LogP contribution in [0.5, 0.6) is 5.75 Å². The van der Waals surface area contributed by atoms with Gasteiger partial charge in [-0.25, -0.2) is 17.2 Å². The number of nitrogens with one attached hydrogen (secondary N) is 1. The van der Waals surface area contributed by atoms with E-state index in [1.54, 1.807) is 32.6 Å². The van der Waals surface area contributed by atoms with E-state index >= 15 is 8.78 Å². The molecule has 5 rings (SSSR count). The SMILES string of the molecule is CCCS(=O)(=O)Nc1ccc(F)c(-n2cc(-c3cncc(OC)c3)c3c2=CC=C(N2CCN(C)CC2)C(CC)C=3)c1F. The number of halogens is 2. The Morgan fingerprint density at radius 1 is 1.10 bits per heavy atom. The van der Waals surface area contributed by atoms with Crippen molar-refractivity contribution in [3.8, 4) is 22.6 Å². The highest BCUT2D eigenvalue weighted by Gasteiger charge is 2.25. The van der Waals surface area contributed by atoms with Crippen molar-refractivity contribution in [1.82, 2.24) is 19.4 Å². The molecule has 3 aromatic rings. The number of likely N-dealkylation sites (N-methyl/N-ethyl adjacent to an activating group) is 1. The topological polar surface area (TPSA) is 79.7 Å². The molecule has 11 heteroatoms. The summed E-state index contributed by atoms with van der Waals surface area (Å²) in [7, 11) is -0.129. The van der Waals surface area contributed by atoms with Crippen molar-refractivity contribution in [3.05, 3.63) is 70.8 Å². The van der Waals surface area contributed by atoms with Crippen LogP contribution in [0.2, 0.25) is 0 Å². The molecule has 1 atom stereocenters. The average molecular weight is 598 g/mol. The Kier molecular flexibility index (Phi) is 8.70. The van der Waals surface area contributed by atoms with Gasteiger partial charge in [0.2, 0.25) is 10.0 Å². The van der Waals surface area contributed by atoms with E-state index < -0.39 is 21.7 Å². The van der Waals surface area contributed by atoms with Crippen LogP contribution in [-0.2, 0) is 10.0 Å². The molecule has 2 aliphatic rings. The van der Waals surface area contributed by atoms with Gasteiger partial charge in [0.25, 0.3) is 0 Å². The number of rotatable bonds is 9. The summed E-state index contributed by atoms with van der Waals surface area (Å²) in [5.41, 5.74) is 1.95. The summed E-state index contributed by atoms with van der Waals surface area (Å²) in [6.07, 6.45) is 12.3. The Morgan fingerprint density at radius 2 is 1.86 bits per heavy atom. The molecule has 224 valence electrons. The number of methoxy groups -OCH3 is 1. The first-order chi connectivity index (χ1) is 20.2. The van der Waals surface area contributed by atoms with Gasteiger partial charge in [-0.15, -0.1) is 0 Å². The number of hydrogen-bond acceptors (Lipinski definition) is 6. The molecule has 3 heterocycles. The Morgan fingerprint density at radius 3 is 2.55 bits per heavy atom. The minimum Gasteiger partial charge on any atom is -0.495 e. The smallest absolute Gasteiger partial charge is 0.232 e. The van der Waals surface area contributed by atoms with Gasteiger partial charge in [0, 0.05) is 66.5 Å². The number of allylic oxidation sites excluding steroid dienone is 2. The molecule has 0 bridgehead atoms. The summed E-state index contributed by atoms with van der Waals surface area (Å²) in [4.78, 5) is 9.00. The molecule has 0 saturated carbocycles. The van der Waals surface area contributed by atoms with Crippen molar-refractivity contribution >= 4 is 27.9 Å². The number of pyridine rings is 1. The number of fused-ring (bicyclic) bond motifs is 1. The van der Waals surface area contributed by atoms with Gasteiger partial charge in [0.05, 0.1) is 30.1 Å². The number of nitrogens with zero attached hydrogens (tertiary/aromatic N) is 4. The molecule has 1 saturated heterocycles. The molecule has 1 aliphatic heterocycles. The predicted molar refractivity (Wildman–Crippen MR) is 162 cm³/mol. The molecule has 1 aliphatic carbocycles. The van der Waals surface area contributed by atoms with E-state index in [0.717, 1.165) is 66.8 Å². The average Bonchev–Trinajstić information content (AvgIpc) is 3.20. The zero-order valence-electron chi connectivity index (χ0n) is 24.4. The summed E-state index contributed by atoms with van der Waals surface area (Å²) in [5.74, 6) is -1.35. The first-order valence-corrected chi connectivity index (χ1v) is 15.9. The summed E-state index contributed by atoms with van der Waals surface area (Å²) in [6.45, 7) is 7.53. The first-order valence-electron chi connectivity index (χ1n) is 14.2. The number of sulfonamides is 1. The van der Waals surface area contributed by atoms with Gasteiger partial charge >= 0.3 is 0 Å². The number of aromatic nitrogens is 2. The quantitative estimate of drug-likeness (QED) is 0.405. The highest BCUT2D eigenvalue weighted by Crippen LogP contribution is 2.29. The minimum absolute atomic E-state index is 0.0703. The molecule has 0 radical (unpaired) electrons. The van der Waals surface area contributed by atoms with Gasteiger partial charge in [0.1, 0.15) is 17.3 Å². The Bertz CT molecular complexity index is 1730. The number of anilines is 1. The van der Waals surface area contributed by atoms with Gasteiger partial charge in [-0.05, 0) is 50.2 Å². The van der Waals surface area contributed by atoms with Crippen LogP contribution in [0, 0.1) is 17.6 Å². The van der Waals surface area contributed by atoms with Crippen molar-refractivity contribution in [2.45, 2.75) is 26.7 Å². The van der Waals surface area contributed by atoms with E-state index in [0.29, 0.717) is 17.5 Å². The van der Waals surface area contributed by atoms with Crippen LogP contribution in [-0.4, -0.2) is 73.9 Å². The van der Waals surface area contributed by atoms with Gasteiger partial charge < -0.3 is 19.1 Å². The predicted octanol–water partition coefficient (Wildman–Crippen LogP) is 3.71. The lowest BCUT2D eigenvalue weighted by Crippen LogP contribution is -2.44. The second-order valence-corrected chi connectivity index (χ2v) is 12.6. The van der Waals surface area contributed by atoms with Crippen LogP contribution in [0.25, 0.3) is 29.0 Å². The van der Waals surface area contributed by atoms with Crippen molar-refractivity contribution in [1.29, 1.82) is 0 Å². The van der Waals surface area contributed by atoms with Gasteiger partial charge in [-0.2, -0.15) is 0 Å². The largest absolute Gasteiger partial charge is 0.495 e. The Hall–Kier alpha value is -3.70. The fourth-order valence-electron chi connectivity index (χ4n) is 5.61.